The van der Waals surface area contributed by atoms with Crippen LogP contribution in [-0.2, 0) is 19.2 Å². The minimum Gasteiger partial charge on any atom is -0.545 e. The van der Waals surface area contributed by atoms with Crippen molar-refractivity contribution in [3.05, 3.63) is 50.6 Å². The molecule has 0 amide bonds. The van der Waals surface area contributed by atoms with Crippen LogP contribution in [-0.4, -0.2) is 70.0 Å². The van der Waals surface area contributed by atoms with E-state index in [0.717, 1.165) is 24.3 Å². The Kier molecular flexibility index (Phi) is 53.3. The number of carbonyl (C=O) groups is 4. The molecule has 0 heterocycles. The number of rotatable bonds is 4. The molecule has 0 atom stereocenters. The van der Waals surface area contributed by atoms with Crippen LogP contribution in [0.15, 0.2) is 50.6 Å². The quantitative estimate of drug-likeness (QED) is 0.365. The Hall–Kier alpha value is -1.63. The zero-order valence-electron chi connectivity index (χ0n) is 11.8. The molecule has 0 aliphatic carbocycles. The maximum absolute atomic E-state index is 9.14. The molecule has 0 spiro atoms. The zero-order chi connectivity index (χ0) is 17.1. The molecule has 0 N–H and O–H groups in total. The van der Waals surface area contributed by atoms with Crippen LogP contribution >= 0.6 is 0 Å². The Morgan fingerprint density at radius 3 is 0.545 bits per heavy atom. The van der Waals surface area contributed by atoms with Crippen molar-refractivity contribution in [2.75, 3.05) is 0 Å². The van der Waals surface area contributed by atoms with Crippen molar-refractivity contribution >= 4 is 70.0 Å². The maximum atomic E-state index is 9.14. The summed E-state index contributed by atoms with van der Waals surface area (Å²) in [7, 11) is 0. The number of carboxylic acid groups (broad SMARTS) is 4. The van der Waals surface area contributed by atoms with Crippen LogP contribution in [0.1, 0.15) is 0 Å². The standard InChI is InChI=1S/4C3H4O2.2Mg/c4*1-2-3(4)5;;/h4*2H,1H2,(H,4,5);;/q;;;;2*+2/p-4. The fraction of sp³-hybridized carbons (Fsp3) is 0. The summed E-state index contributed by atoms with van der Waals surface area (Å²) in [5, 5.41) is 36.6. The third-order valence-electron chi connectivity index (χ3n) is 0.667. The first-order chi connectivity index (χ1) is 9.08. The van der Waals surface area contributed by atoms with Gasteiger partial charge < -0.3 is 39.6 Å². The van der Waals surface area contributed by atoms with Gasteiger partial charge in [0.25, 0.3) is 0 Å². The van der Waals surface area contributed by atoms with E-state index in [-0.39, 0.29) is 46.1 Å². The molecular weight excluding hydrogens is 321 g/mol. The molecule has 0 aliphatic rings. The molecule has 0 unspecified atom stereocenters. The third-order valence-corrected chi connectivity index (χ3v) is 0.667. The Bertz CT molecular complexity index is 305. The number of hydrogen-bond donors (Lipinski definition) is 0. The average Bonchev–Trinajstić information content (AvgIpc) is 2.40. The average molecular weight is 333 g/mol. The molecule has 0 aromatic heterocycles. The van der Waals surface area contributed by atoms with Gasteiger partial charge in [-0.05, 0) is 24.3 Å². The minimum absolute atomic E-state index is 0. The number of hydrogen-bond acceptors (Lipinski definition) is 8. The smallest absolute Gasteiger partial charge is 0.545 e. The van der Waals surface area contributed by atoms with E-state index in [4.69, 9.17) is 39.6 Å². The summed E-state index contributed by atoms with van der Waals surface area (Å²) in [4.78, 5) is 36.6. The van der Waals surface area contributed by atoms with Gasteiger partial charge in [0.05, 0.1) is 23.9 Å². The van der Waals surface area contributed by atoms with Gasteiger partial charge in [-0.3, -0.25) is 0 Å². The Balaban J connectivity index is -0.0000000376. The summed E-state index contributed by atoms with van der Waals surface area (Å²) in [5.74, 6) is -4.93. The van der Waals surface area contributed by atoms with Gasteiger partial charge in [0.1, 0.15) is 0 Å². The third kappa shape index (κ3) is 137. The summed E-state index contributed by atoms with van der Waals surface area (Å²) in [6.45, 7) is 11.6. The van der Waals surface area contributed by atoms with Gasteiger partial charge in [0.15, 0.2) is 0 Å². The van der Waals surface area contributed by atoms with E-state index in [1.807, 2.05) is 0 Å². The van der Waals surface area contributed by atoms with Gasteiger partial charge in [0, 0.05) is 0 Å². The molecule has 0 aromatic carbocycles. The van der Waals surface area contributed by atoms with Crippen LogP contribution in [0.5, 0.6) is 0 Å². The predicted octanol–water partition coefficient (Wildman–Crippen LogP) is -5.07. The summed E-state index contributed by atoms with van der Waals surface area (Å²) < 4.78 is 0. The largest absolute Gasteiger partial charge is 2.00 e. The fourth-order valence-corrected chi connectivity index (χ4v) is 0. The van der Waals surface area contributed by atoms with E-state index in [1.165, 1.54) is 0 Å². The topological polar surface area (TPSA) is 161 Å². The van der Waals surface area contributed by atoms with E-state index in [9.17, 15) is 0 Å². The van der Waals surface area contributed by atoms with E-state index in [1.54, 1.807) is 0 Å². The van der Waals surface area contributed by atoms with Crippen LogP contribution in [0.3, 0.4) is 0 Å². The molecule has 22 heavy (non-hydrogen) atoms. The second-order valence-corrected chi connectivity index (χ2v) is 2.09. The monoisotopic (exact) mass is 332 g/mol. The molecule has 0 rings (SSSR count). The molecular formula is C12H12Mg2O8. The fourth-order valence-electron chi connectivity index (χ4n) is 0. The second kappa shape index (κ2) is 31.7. The summed E-state index contributed by atoms with van der Waals surface area (Å²) in [5.41, 5.74) is 0. The van der Waals surface area contributed by atoms with Gasteiger partial charge in [-0.1, -0.05) is 26.3 Å². The Labute approximate surface area is 159 Å². The van der Waals surface area contributed by atoms with Crippen molar-refractivity contribution in [1.82, 2.24) is 0 Å². The normalized spacial score (nSPS) is 5.82. The van der Waals surface area contributed by atoms with E-state index in [0.29, 0.717) is 0 Å². The van der Waals surface area contributed by atoms with Crippen molar-refractivity contribution in [2.24, 2.45) is 0 Å². The van der Waals surface area contributed by atoms with Gasteiger partial charge in [-0.25, -0.2) is 0 Å². The number of aliphatic carboxylic acids is 4. The van der Waals surface area contributed by atoms with Gasteiger partial charge >= 0.3 is 46.1 Å². The van der Waals surface area contributed by atoms with Crippen molar-refractivity contribution in [2.45, 2.75) is 0 Å². The van der Waals surface area contributed by atoms with Crippen LogP contribution < -0.4 is 20.4 Å². The molecule has 0 bridgehead atoms. The maximum Gasteiger partial charge on any atom is 2.00 e. The molecule has 0 radical (unpaired) electrons. The van der Waals surface area contributed by atoms with Crippen LogP contribution in [0.2, 0.25) is 0 Å². The summed E-state index contributed by atoms with van der Waals surface area (Å²) in [6, 6.07) is 0. The van der Waals surface area contributed by atoms with Gasteiger partial charge in [-0.2, -0.15) is 0 Å². The first-order valence-electron chi connectivity index (χ1n) is 4.42. The van der Waals surface area contributed by atoms with E-state index >= 15 is 0 Å². The predicted molar refractivity (Wildman–Crippen MR) is 72.3 cm³/mol. The number of carbonyl (C=O) groups excluding carboxylic acids is 4. The summed E-state index contributed by atoms with van der Waals surface area (Å²) in [6.07, 6.45) is 2.89. The van der Waals surface area contributed by atoms with Gasteiger partial charge in [0.2, 0.25) is 0 Å². The van der Waals surface area contributed by atoms with Crippen LogP contribution in [0, 0.1) is 0 Å². The minimum atomic E-state index is -1.23. The molecule has 0 saturated heterocycles. The molecule has 0 saturated carbocycles. The molecule has 112 valence electrons. The van der Waals surface area contributed by atoms with Crippen molar-refractivity contribution in [3.63, 3.8) is 0 Å². The van der Waals surface area contributed by atoms with E-state index < -0.39 is 23.9 Å². The zero-order valence-corrected chi connectivity index (χ0v) is 14.6. The number of carboxylic acids is 4. The molecule has 10 heteroatoms. The molecule has 0 aliphatic heterocycles. The van der Waals surface area contributed by atoms with Crippen molar-refractivity contribution in [3.8, 4) is 0 Å². The van der Waals surface area contributed by atoms with Crippen molar-refractivity contribution < 1.29 is 39.6 Å². The summed E-state index contributed by atoms with van der Waals surface area (Å²) >= 11 is 0. The Morgan fingerprint density at radius 1 is 0.500 bits per heavy atom. The van der Waals surface area contributed by atoms with Crippen molar-refractivity contribution in [1.29, 1.82) is 0 Å². The van der Waals surface area contributed by atoms with Crippen LogP contribution in [0.25, 0.3) is 0 Å². The SMILES string of the molecule is C=CC(=O)[O-].C=CC(=O)[O-].C=CC(=O)[O-].C=CC(=O)[O-].[Mg+2].[Mg+2]. The first kappa shape index (κ1) is 37.0. The van der Waals surface area contributed by atoms with Crippen LogP contribution in [0.4, 0.5) is 0 Å². The molecule has 8 nitrogen and oxygen atoms in total. The van der Waals surface area contributed by atoms with E-state index in [2.05, 4.69) is 26.3 Å². The second-order valence-electron chi connectivity index (χ2n) is 2.09. The molecule has 0 aromatic rings. The first-order valence-corrected chi connectivity index (χ1v) is 4.42. The Morgan fingerprint density at radius 2 is 0.545 bits per heavy atom. The molecule has 0 fully saturated rings. The van der Waals surface area contributed by atoms with Gasteiger partial charge in [-0.15, -0.1) is 0 Å².